The number of para-hydroxylation sites is 1. The smallest absolute Gasteiger partial charge is 0.283 e. The van der Waals surface area contributed by atoms with Crippen molar-refractivity contribution < 1.29 is 4.79 Å². The van der Waals surface area contributed by atoms with Crippen molar-refractivity contribution >= 4 is 23.5 Å². The molecule has 1 aromatic heterocycles. The van der Waals surface area contributed by atoms with Gasteiger partial charge in [-0.25, -0.2) is 9.67 Å². The number of anilines is 1. The molecule has 0 N–H and O–H groups in total. The molecule has 1 aliphatic heterocycles. The highest BCUT2D eigenvalue weighted by atomic mass is 16.2. The van der Waals surface area contributed by atoms with E-state index in [2.05, 4.69) is 4.99 Å². The number of amidine groups is 1. The molecule has 0 atom stereocenters. The first-order valence-electron chi connectivity index (χ1n) is 10.7. The van der Waals surface area contributed by atoms with Crippen molar-refractivity contribution in [2.24, 2.45) is 12.0 Å². The van der Waals surface area contributed by atoms with Gasteiger partial charge >= 0.3 is 0 Å². The molecular formula is C27H22N4O2. The second-order valence-corrected chi connectivity index (χ2v) is 7.79. The Morgan fingerprint density at radius 2 is 1.36 bits per heavy atom. The SMILES string of the molecule is Cc1c(N2C(=O)C(=Cc3ccccc3)N=C2c2ccccc2)c(=O)n(-c2ccccc2)n1C. The molecule has 0 saturated heterocycles. The van der Waals surface area contributed by atoms with E-state index in [1.807, 2.05) is 105 Å². The van der Waals surface area contributed by atoms with E-state index < -0.39 is 0 Å². The van der Waals surface area contributed by atoms with Gasteiger partial charge in [0, 0.05) is 12.6 Å². The zero-order valence-corrected chi connectivity index (χ0v) is 18.3. The van der Waals surface area contributed by atoms with Crippen LogP contribution in [0.1, 0.15) is 16.8 Å². The summed E-state index contributed by atoms with van der Waals surface area (Å²) in [4.78, 5) is 33.4. The van der Waals surface area contributed by atoms with E-state index in [1.165, 1.54) is 4.90 Å². The van der Waals surface area contributed by atoms with Crippen LogP contribution in [-0.4, -0.2) is 21.1 Å². The number of aromatic nitrogens is 2. The number of hydrogen-bond acceptors (Lipinski definition) is 3. The Balaban J connectivity index is 1.71. The van der Waals surface area contributed by atoms with Gasteiger partial charge in [-0.2, -0.15) is 0 Å². The number of amides is 1. The molecule has 4 aromatic rings. The quantitative estimate of drug-likeness (QED) is 0.449. The standard InChI is InChI=1S/C27H22N4O2/c1-19-24(27(33)31(29(19)2)22-16-10-5-11-17-22)30-25(21-14-8-4-9-15-21)28-23(26(30)32)18-20-12-6-3-7-13-20/h3-18H,1-2H3. The fourth-order valence-electron chi connectivity index (χ4n) is 4.02. The number of carbonyl (C=O) groups excluding carboxylic acids is 1. The molecule has 1 aliphatic rings. The zero-order chi connectivity index (χ0) is 22.9. The monoisotopic (exact) mass is 434 g/mol. The molecule has 162 valence electrons. The Morgan fingerprint density at radius 1 is 0.788 bits per heavy atom. The second-order valence-electron chi connectivity index (χ2n) is 7.79. The van der Waals surface area contributed by atoms with Gasteiger partial charge in [-0.1, -0.05) is 78.9 Å². The molecule has 0 fully saturated rings. The van der Waals surface area contributed by atoms with E-state index in [1.54, 1.807) is 15.4 Å². The first-order valence-corrected chi connectivity index (χ1v) is 10.7. The van der Waals surface area contributed by atoms with Crippen LogP contribution in [0.3, 0.4) is 0 Å². The third-order valence-corrected chi connectivity index (χ3v) is 5.74. The number of benzene rings is 3. The van der Waals surface area contributed by atoms with Gasteiger partial charge < -0.3 is 0 Å². The topological polar surface area (TPSA) is 59.6 Å². The van der Waals surface area contributed by atoms with Gasteiger partial charge in [0.05, 0.1) is 11.4 Å². The number of nitrogens with zero attached hydrogens (tertiary/aromatic N) is 4. The van der Waals surface area contributed by atoms with Crippen LogP contribution in [0.15, 0.2) is 106 Å². The van der Waals surface area contributed by atoms with E-state index in [9.17, 15) is 9.59 Å². The summed E-state index contributed by atoms with van der Waals surface area (Å²) in [6, 6.07) is 28.4. The van der Waals surface area contributed by atoms with Crippen molar-refractivity contribution in [1.82, 2.24) is 9.36 Å². The minimum atomic E-state index is -0.330. The van der Waals surface area contributed by atoms with Crippen molar-refractivity contribution in [2.75, 3.05) is 4.90 Å². The highest BCUT2D eigenvalue weighted by Gasteiger charge is 2.37. The summed E-state index contributed by atoms with van der Waals surface area (Å²) in [6.45, 7) is 1.84. The van der Waals surface area contributed by atoms with E-state index in [0.717, 1.165) is 16.8 Å². The summed E-state index contributed by atoms with van der Waals surface area (Å²) in [6.07, 6.45) is 1.75. The third kappa shape index (κ3) is 3.51. The average Bonchev–Trinajstić information content (AvgIpc) is 3.27. The summed E-state index contributed by atoms with van der Waals surface area (Å²) in [5.41, 5.74) is 3.33. The second kappa shape index (κ2) is 8.24. The summed E-state index contributed by atoms with van der Waals surface area (Å²) >= 11 is 0. The molecule has 33 heavy (non-hydrogen) atoms. The molecule has 6 heteroatoms. The summed E-state index contributed by atoms with van der Waals surface area (Å²) in [7, 11) is 1.81. The Kier molecular flexibility index (Phi) is 5.11. The van der Waals surface area contributed by atoms with Gasteiger partial charge in [0.25, 0.3) is 11.5 Å². The van der Waals surface area contributed by atoms with Crippen LogP contribution >= 0.6 is 0 Å². The normalized spacial score (nSPS) is 14.7. The first kappa shape index (κ1) is 20.5. The number of aliphatic imine (C=N–C) groups is 1. The molecule has 6 nitrogen and oxygen atoms in total. The van der Waals surface area contributed by atoms with Crippen LogP contribution in [0.25, 0.3) is 11.8 Å². The largest absolute Gasteiger partial charge is 0.296 e. The van der Waals surface area contributed by atoms with Gasteiger partial charge in [0.1, 0.15) is 17.2 Å². The Morgan fingerprint density at radius 3 is 2.00 bits per heavy atom. The third-order valence-electron chi connectivity index (χ3n) is 5.74. The van der Waals surface area contributed by atoms with Crippen LogP contribution in [0.2, 0.25) is 0 Å². The van der Waals surface area contributed by atoms with Crippen molar-refractivity contribution in [3.63, 3.8) is 0 Å². The van der Waals surface area contributed by atoms with Gasteiger partial charge in [-0.05, 0) is 30.7 Å². The highest BCUT2D eigenvalue weighted by Crippen LogP contribution is 2.29. The van der Waals surface area contributed by atoms with E-state index >= 15 is 0 Å². The summed E-state index contributed by atoms with van der Waals surface area (Å²) < 4.78 is 3.33. The maximum Gasteiger partial charge on any atom is 0.296 e. The molecule has 0 unspecified atom stereocenters. The Hall–Kier alpha value is -4.45. The lowest BCUT2D eigenvalue weighted by atomic mass is 10.1. The predicted octanol–water partition coefficient (Wildman–Crippen LogP) is 4.32. The number of carbonyl (C=O) groups is 1. The predicted molar refractivity (Wildman–Crippen MR) is 131 cm³/mol. The fourth-order valence-corrected chi connectivity index (χ4v) is 4.02. The van der Waals surface area contributed by atoms with Crippen molar-refractivity contribution in [3.8, 4) is 5.69 Å². The molecular weight excluding hydrogens is 412 g/mol. The van der Waals surface area contributed by atoms with Gasteiger partial charge in [-0.15, -0.1) is 0 Å². The lowest BCUT2D eigenvalue weighted by Gasteiger charge is -2.17. The van der Waals surface area contributed by atoms with Crippen LogP contribution in [0.5, 0.6) is 0 Å². The Bertz CT molecular complexity index is 1450. The van der Waals surface area contributed by atoms with E-state index in [4.69, 9.17) is 0 Å². The van der Waals surface area contributed by atoms with Crippen LogP contribution in [-0.2, 0) is 11.8 Å². The molecule has 2 heterocycles. The molecule has 5 rings (SSSR count). The van der Waals surface area contributed by atoms with Crippen LogP contribution in [0, 0.1) is 6.92 Å². The molecule has 0 bridgehead atoms. The van der Waals surface area contributed by atoms with Gasteiger partial charge in [0.15, 0.2) is 0 Å². The maximum atomic E-state index is 13.7. The summed E-state index contributed by atoms with van der Waals surface area (Å²) in [5.74, 6) is 0.109. The summed E-state index contributed by atoms with van der Waals surface area (Å²) in [5, 5.41) is 0. The molecule has 3 aromatic carbocycles. The molecule has 1 amide bonds. The fraction of sp³-hybridized carbons (Fsp3) is 0.0741. The molecule has 0 spiro atoms. The van der Waals surface area contributed by atoms with E-state index in [-0.39, 0.29) is 17.2 Å². The van der Waals surface area contributed by atoms with Crippen molar-refractivity contribution in [3.05, 3.63) is 124 Å². The number of hydrogen-bond donors (Lipinski definition) is 0. The minimum absolute atomic E-state index is 0.279. The lowest BCUT2D eigenvalue weighted by molar-refractivity contribution is -0.113. The van der Waals surface area contributed by atoms with Crippen LogP contribution < -0.4 is 10.5 Å². The minimum Gasteiger partial charge on any atom is -0.283 e. The van der Waals surface area contributed by atoms with Gasteiger partial charge in [-0.3, -0.25) is 19.2 Å². The van der Waals surface area contributed by atoms with Gasteiger partial charge in [0.2, 0.25) is 0 Å². The first-order chi connectivity index (χ1) is 16.1. The van der Waals surface area contributed by atoms with Crippen LogP contribution in [0.4, 0.5) is 5.69 Å². The van der Waals surface area contributed by atoms with Crippen molar-refractivity contribution in [2.45, 2.75) is 6.92 Å². The van der Waals surface area contributed by atoms with E-state index in [0.29, 0.717) is 17.2 Å². The molecule has 0 aliphatic carbocycles. The molecule has 0 radical (unpaired) electrons. The molecule has 0 saturated carbocycles. The Labute approximate surface area is 191 Å². The lowest BCUT2D eigenvalue weighted by Crippen LogP contribution is -2.36. The highest BCUT2D eigenvalue weighted by molar-refractivity contribution is 6.33. The number of rotatable bonds is 4. The maximum absolute atomic E-state index is 13.7. The van der Waals surface area contributed by atoms with Crippen molar-refractivity contribution in [1.29, 1.82) is 0 Å². The zero-order valence-electron chi connectivity index (χ0n) is 18.3. The average molecular weight is 434 g/mol.